The van der Waals surface area contributed by atoms with E-state index in [9.17, 15) is 5.11 Å². The van der Waals surface area contributed by atoms with Crippen molar-refractivity contribution in [2.45, 2.75) is 36.5 Å². The van der Waals surface area contributed by atoms with Crippen molar-refractivity contribution >= 4 is 17.0 Å². The molecule has 10 heteroatoms. The summed E-state index contributed by atoms with van der Waals surface area (Å²) < 4.78 is 27.5. The second-order valence-corrected chi connectivity index (χ2v) is 15.2. The number of anilines is 1. The van der Waals surface area contributed by atoms with Crippen LogP contribution >= 0.6 is 0 Å². The Labute approximate surface area is 355 Å². The monoisotopic (exact) mass is 809 g/mol. The van der Waals surface area contributed by atoms with Gasteiger partial charge in [-0.2, -0.15) is 0 Å². The van der Waals surface area contributed by atoms with E-state index in [1.165, 1.54) is 0 Å². The van der Waals surface area contributed by atoms with Gasteiger partial charge in [-0.05, 0) is 57.6 Å². The summed E-state index contributed by atoms with van der Waals surface area (Å²) in [4.78, 5) is 14.7. The number of imidazole rings is 1. The molecule has 2 N–H and O–H groups in total. The normalized spacial score (nSPS) is 17.9. The largest absolute Gasteiger partial charge is 0.497 e. The van der Waals surface area contributed by atoms with Crippen molar-refractivity contribution in [1.82, 2.24) is 19.5 Å². The van der Waals surface area contributed by atoms with Crippen LogP contribution in [0.5, 0.6) is 11.5 Å². The van der Waals surface area contributed by atoms with Gasteiger partial charge in [0.05, 0.1) is 33.3 Å². The van der Waals surface area contributed by atoms with E-state index in [2.05, 4.69) is 72.9 Å². The third-order valence-corrected chi connectivity index (χ3v) is 11.9. The molecule has 4 atom stereocenters. The van der Waals surface area contributed by atoms with E-state index < -0.39 is 29.6 Å². The molecule has 61 heavy (non-hydrogen) atoms. The average Bonchev–Trinajstić information content (AvgIpc) is 3.91. The molecule has 3 heterocycles. The molecule has 0 spiro atoms. The number of hydrogen-bond acceptors (Lipinski definition) is 9. The molecule has 1 aliphatic heterocycles. The minimum absolute atomic E-state index is 0.198. The molecule has 0 aliphatic carbocycles. The Morgan fingerprint density at radius 3 is 1.56 bits per heavy atom. The van der Waals surface area contributed by atoms with E-state index in [-0.39, 0.29) is 12.5 Å². The lowest BCUT2D eigenvalue weighted by atomic mass is 9.77. The minimum atomic E-state index is -1.10. The van der Waals surface area contributed by atoms with E-state index in [4.69, 9.17) is 33.9 Å². The molecular formula is C51H47N5O5. The quantitative estimate of drug-likeness (QED) is 0.104. The van der Waals surface area contributed by atoms with Gasteiger partial charge in [0.15, 0.2) is 23.2 Å². The van der Waals surface area contributed by atoms with Gasteiger partial charge in [0, 0.05) is 5.92 Å². The van der Waals surface area contributed by atoms with Crippen molar-refractivity contribution in [2.24, 2.45) is 5.92 Å². The number of hydrogen-bond donors (Lipinski definition) is 2. The summed E-state index contributed by atoms with van der Waals surface area (Å²) in [6.07, 6.45) is 1.41. The molecule has 1 aliphatic rings. The number of benzene rings is 6. The zero-order chi connectivity index (χ0) is 41.8. The van der Waals surface area contributed by atoms with Gasteiger partial charge in [-0.25, -0.2) is 15.0 Å². The van der Waals surface area contributed by atoms with Gasteiger partial charge in [0.2, 0.25) is 0 Å². The summed E-state index contributed by atoms with van der Waals surface area (Å²) in [7, 11) is 3.32. The van der Waals surface area contributed by atoms with Crippen molar-refractivity contribution < 1.29 is 24.1 Å². The van der Waals surface area contributed by atoms with Crippen molar-refractivity contribution in [3.63, 3.8) is 0 Å². The summed E-state index contributed by atoms with van der Waals surface area (Å²) in [5.74, 6) is 1.76. The molecule has 6 aromatic carbocycles. The zero-order valence-electron chi connectivity index (χ0n) is 34.2. The molecule has 0 saturated carbocycles. The standard InChI is InChI=1S/C51H47N5O5/c1-35-44(32-57)60-49(46(35)61-51(39-20-12-6-13-21-39,40-22-14-7-15-23-40)41-26-30-43(59-3)31-27-41)56-34-54-45-47(52-33-53-48(45)56)55-50(36-16-8-4-9-17-36,37-18-10-5-11-19-37)38-24-28-42(58-2)29-25-38/h4-31,33-35,44,46,49,57H,32H2,1-3H3,(H,52,53,55)/t35-,44-,46-,49-/m1/s1. The van der Waals surface area contributed by atoms with Crippen LogP contribution in [0.2, 0.25) is 0 Å². The molecule has 0 unspecified atom stereocenters. The minimum Gasteiger partial charge on any atom is -0.497 e. The predicted octanol–water partition coefficient (Wildman–Crippen LogP) is 9.15. The summed E-state index contributed by atoms with van der Waals surface area (Å²) in [5, 5.41) is 14.6. The highest BCUT2D eigenvalue weighted by atomic mass is 16.6. The SMILES string of the molecule is COc1ccc(C(Nc2ncnc3c2ncn3[C@@H]2O[C@H](CO)[C@@H](C)[C@H]2OC(c2ccccc2)(c2ccccc2)c2ccc(OC)cc2)(c2ccccc2)c2ccccc2)cc1. The molecule has 0 amide bonds. The first-order chi connectivity index (χ1) is 30.0. The van der Waals surface area contributed by atoms with Crippen molar-refractivity contribution in [1.29, 1.82) is 0 Å². The topological polar surface area (TPSA) is 113 Å². The fourth-order valence-electron chi connectivity index (χ4n) is 8.77. The van der Waals surface area contributed by atoms with Crippen LogP contribution in [0, 0.1) is 5.92 Å². The maximum absolute atomic E-state index is 10.8. The van der Waals surface area contributed by atoms with E-state index in [1.54, 1.807) is 26.9 Å². The molecule has 0 radical (unpaired) electrons. The first-order valence-electron chi connectivity index (χ1n) is 20.4. The number of aliphatic hydroxyl groups excluding tert-OH is 1. The van der Waals surface area contributed by atoms with E-state index in [1.807, 2.05) is 114 Å². The maximum atomic E-state index is 10.8. The second-order valence-electron chi connectivity index (χ2n) is 15.2. The van der Waals surface area contributed by atoms with Gasteiger partial charge in [-0.3, -0.25) is 4.57 Å². The smallest absolute Gasteiger partial charge is 0.167 e. The van der Waals surface area contributed by atoms with Crippen LogP contribution in [0.1, 0.15) is 46.5 Å². The number of rotatable bonds is 14. The molecule has 306 valence electrons. The number of methoxy groups -OCH3 is 2. The number of fused-ring (bicyclic) bond motifs is 1. The van der Waals surface area contributed by atoms with Gasteiger partial charge in [0.25, 0.3) is 0 Å². The van der Waals surface area contributed by atoms with E-state index in [0.29, 0.717) is 17.0 Å². The highest BCUT2D eigenvalue weighted by Crippen LogP contribution is 2.48. The van der Waals surface area contributed by atoms with Crippen LogP contribution in [0.15, 0.2) is 183 Å². The second kappa shape index (κ2) is 17.0. The third-order valence-electron chi connectivity index (χ3n) is 11.9. The lowest BCUT2D eigenvalue weighted by molar-refractivity contribution is -0.113. The number of nitrogens with zero attached hydrogens (tertiary/aromatic N) is 4. The molecule has 0 bridgehead atoms. The number of ether oxygens (including phenoxy) is 4. The van der Waals surface area contributed by atoms with Gasteiger partial charge in [0.1, 0.15) is 35.1 Å². The summed E-state index contributed by atoms with van der Waals surface area (Å²) in [6.45, 7) is 1.86. The highest BCUT2D eigenvalue weighted by Gasteiger charge is 2.50. The fraction of sp³-hybridized carbons (Fsp3) is 0.196. The van der Waals surface area contributed by atoms with Gasteiger partial charge in [-0.15, -0.1) is 0 Å². The van der Waals surface area contributed by atoms with Crippen LogP contribution < -0.4 is 14.8 Å². The van der Waals surface area contributed by atoms with Gasteiger partial charge in [-0.1, -0.05) is 153 Å². The Morgan fingerprint density at radius 2 is 1.07 bits per heavy atom. The summed E-state index contributed by atoms with van der Waals surface area (Å²) in [6, 6.07) is 57.1. The third kappa shape index (κ3) is 7.08. The van der Waals surface area contributed by atoms with Gasteiger partial charge < -0.3 is 29.4 Å². The summed E-state index contributed by atoms with van der Waals surface area (Å²) >= 11 is 0. The Kier molecular flexibility index (Phi) is 11.1. The number of aliphatic hydroxyl groups is 1. The Morgan fingerprint density at radius 1 is 0.607 bits per heavy atom. The zero-order valence-corrected chi connectivity index (χ0v) is 34.2. The Hall–Kier alpha value is -6.85. The highest BCUT2D eigenvalue weighted by molar-refractivity contribution is 5.84. The van der Waals surface area contributed by atoms with Crippen LogP contribution in [0.25, 0.3) is 11.2 Å². The lowest BCUT2D eigenvalue weighted by Gasteiger charge is -2.40. The maximum Gasteiger partial charge on any atom is 0.167 e. The van der Waals surface area contributed by atoms with Crippen LogP contribution in [0.4, 0.5) is 5.82 Å². The van der Waals surface area contributed by atoms with Crippen molar-refractivity contribution in [3.05, 3.63) is 216 Å². The Bertz CT molecular complexity index is 2580. The van der Waals surface area contributed by atoms with Crippen LogP contribution in [-0.4, -0.2) is 57.7 Å². The number of aromatic nitrogens is 4. The fourth-order valence-corrected chi connectivity index (χ4v) is 8.77. The predicted molar refractivity (Wildman–Crippen MR) is 235 cm³/mol. The molecule has 9 rings (SSSR count). The van der Waals surface area contributed by atoms with Crippen LogP contribution in [0.3, 0.4) is 0 Å². The van der Waals surface area contributed by atoms with Crippen LogP contribution in [-0.2, 0) is 20.6 Å². The van der Waals surface area contributed by atoms with Crippen molar-refractivity contribution in [3.8, 4) is 11.5 Å². The summed E-state index contributed by atoms with van der Waals surface area (Å²) in [5.41, 5.74) is 4.84. The molecule has 1 fully saturated rings. The molecule has 1 saturated heterocycles. The van der Waals surface area contributed by atoms with Gasteiger partial charge >= 0.3 is 0 Å². The molecule has 8 aromatic rings. The average molecular weight is 810 g/mol. The van der Waals surface area contributed by atoms with E-state index >= 15 is 0 Å². The Balaban J connectivity index is 1.19. The number of nitrogens with one attached hydrogen (secondary N) is 1. The molecule has 10 nitrogen and oxygen atoms in total. The first kappa shape index (κ1) is 39.6. The lowest BCUT2D eigenvalue weighted by Crippen LogP contribution is -2.41. The molecule has 2 aromatic heterocycles. The first-order valence-corrected chi connectivity index (χ1v) is 20.4. The van der Waals surface area contributed by atoms with E-state index in [0.717, 1.165) is 44.9 Å². The van der Waals surface area contributed by atoms with Crippen molar-refractivity contribution in [2.75, 3.05) is 26.1 Å². The molecular weight excluding hydrogens is 763 g/mol.